The minimum absolute atomic E-state index is 0. The molecule has 0 saturated carbocycles. The number of hydrogen-bond acceptors (Lipinski definition) is 0. The van der Waals surface area contributed by atoms with Crippen molar-refractivity contribution >= 4 is 0 Å². The third-order valence-corrected chi connectivity index (χ3v) is 4.53. The van der Waals surface area contributed by atoms with Gasteiger partial charge in [-0.05, 0) is 11.8 Å². The van der Waals surface area contributed by atoms with Gasteiger partial charge in [-0.15, -0.1) is 12.0 Å². The van der Waals surface area contributed by atoms with Crippen LogP contribution in [0.1, 0.15) is 45.2 Å². The summed E-state index contributed by atoms with van der Waals surface area (Å²) >= 11 is 0. The van der Waals surface area contributed by atoms with Crippen LogP contribution in [0, 0.1) is 17.6 Å². The first-order valence-electron chi connectivity index (χ1n) is 8.31. The van der Waals surface area contributed by atoms with Gasteiger partial charge in [0.1, 0.15) is 0 Å². The maximum absolute atomic E-state index is 3.30. The summed E-state index contributed by atoms with van der Waals surface area (Å²) in [7, 11) is 0. The molecule has 0 aliphatic heterocycles. The number of rotatable bonds is 0. The summed E-state index contributed by atoms with van der Waals surface area (Å²) in [5.74, 6) is 0. The number of fused-ring (bicyclic) bond motifs is 3. The summed E-state index contributed by atoms with van der Waals surface area (Å²) in [6.45, 7) is 8.86. The topological polar surface area (TPSA) is 0 Å². The molecule has 0 unspecified atom stereocenters. The molecule has 4 rings (SSSR count). The van der Waals surface area contributed by atoms with E-state index >= 15 is 0 Å². The molecule has 0 aromatic heterocycles. The van der Waals surface area contributed by atoms with Gasteiger partial charge in [-0.25, -0.2) is 11.6 Å². The van der Waals surface area contributed by atoms with Crippen LogP contribution in [0.5, 0.6) is 0 Å². The molecule has 0 nitrogen and oxygen atoms in total. The fourth-order valence-corrected chi connectivity index (χ4v) is 3.08. The molecular weight excluding hydrogens is 438 g/mol. The molecule has 0 bridgehead atoms. The second-order valence-electron chi connectivity index (χ2n) is 7.35. The zero-order chi connectivity index (χ0) is 16.4. The van der Waals surface area contributed by atoms with Crippen molar-refractivity contribution in [3.8, 4) is 11.1 Å². The first kappa shape index (κ1) is 25.4. The Labute approximate surface area is 190 Å². The van der Waals surface area contributed by atoms with E-state index in [-0.39, 0.29) is 51.0 Å². The van der Waals surface area contributed by atoms with Gasteiger partial charge >= 0.3 is 26.2 Å². The Morgan fingerprint density at radius 1 is 0.923 bits per heavy atom. The van der Waals surface area contributed by atoms with Crippen molar-refractivity contribution in [2.75, 3.05) is 0 Å². The smallest absolute Gasteiger partial charge is 1.00 e. The number of allylic oxidation sites excluding steroid dienone is 4. The summed E-state index contributed by atoms with van der Waals surface area (Å²) in [5, 5.41) is 0. The first-order chi connectivity index (χ1) is 10.9. The van der Waals surface area contributed by atoms with Crippen LogP contribution in [0.15, 0.2) is 59.7 Å². The summed E-state index contributed by atoms with van der Waals surface area (Å²) in [6, 6.07) is 18.1. The molecule has 2 aromatic carbocycles. The monoisotopic (exact) mass is 460 g/mol. The van der Waals surface area contributed by atoms with E-state index in [0.717, 1.165) is 12.8 Å². The van der Waals surface area contributed by atoms with Gasteiger partial charge in [-0.1, -0.05) is 63.1 Å². The van der Waals surface area contributed by atoms with Crippen molar-refractivity contribution < 1.29 is 51.0 Å². The molecule has 2 aliphatic rings. The van der Waals surface area contributed by atoms with Gasteiger partial charge in [0.15, 0.2) is 0 Å². The van der Waals surface area contributed by atoms with E-state index in [0.29, 0.717) is 5.41 Å². The molecule has 2 aromatic rings. The molecule has 134 valence electrons. The molecule has 0 radical (unpaired) electrons. The first-order valence-corrected chi connectivity index (χ1v) is 8.31. The van der Waals surface area contributed by atoms with Crippen LogP contribution in [0.2, 0.25) is 0 Å². The molecule has 2 aliphatic carbocycles. The van der Waals surface area contributed by atoms with E-state index in [1.54, 1.807) is 0 Å². The van der Waals surface area contributed by atoms with Crippen LogP contribution < -0.4 is 24.8 Å². The predicted molar refractivity (Wildman–Crippen MR) is 98.1 cm³/mol. The maximum Gasteiger partial charge on any atom is 4.00 e. The minimum Gasteiger partial charge on any atom is -1.00 e. The van der Waals surface area contributed by atoms with Crippen LogP contribution >= 0.6 is 0 Å². The average molecular weight is 463 g/mol. The van der Waals surface area contributed by atoms with Crippen LogP contribution in [0.25, 0.3) is 11.1 Å². The van der Waals surface area contributed by atoms with Crippen molar-refractivity contribution in [1.29, 1.82) is 0 Å². The normalized spacial score (nSPS) is 13.4. The number of halogens is 2. The SMILES string of the molecule is CC1=[C-]CC(C(C)(C)C)=C1.[Cl-].[Cl-].[Zr+4].[c-]1cccc2c1Cc1ccccc1-2. The Kier molecular flexibility index (Phi) is 10.4. The van der Waals surface area contributed by atoms with E-state index < -0.39 is 0 Å². The van der Waals surface area contributed by atoms with Crippen LogP contribution in [0.3, 0.4) is 0 Å². The zero-order valence-corrected chi connectivity index (χ0v) is 19.8. The van der Waals surface area contributed by atoms with Gasteiger partial charge in [0.2, 0.25) is 0 Å². The Balaban J connectivity index is 0.000000445. The van der Waals surface area contributed by atoms with Crippen molar-refractivity contribution in [3.05, 3.63) is 83.0 Å². The van der Waals surface area contributed by atoms with Crippen LogP contribution in [-0.4, -0.2) is 0 Å². The summed E-state index contributed by atoms with van der Waals surface area (Å²) < 4.78 is 0. The fraction of sp³-hybridized carbons (Fsp3) is 0.304. The zero-order valence-electron chi connectivity index (χ0n) is 15.8. The fourth-order valence-electron chi connectivity index (χ4n) is 3.08. The molecule has 0 fully saturated rings. The number of benzene rings is 2. The van der Waals surface area contributed by atoms with E-state index in [2.05, 4.69) is 82.3 Å². The van der Waals surface area contributed by atoms with Crippen molar-refractivity contribution in [1.82, 2.24) is 0 Å². The molecule has 0 amide bonds. The third kappa shape index (κ3) is 5.95. The van der Waals surface area contributed by atoms with Gasteiger partial charge in [-0.2, -0.15) is 35.4 Å². The van der Waals surface area contributed by atoms with Crippen molar-refractivity contribution in [2.24, 2.45) is 5.41 Å². The molecule has 3 heteroatoms. The van der Waals surface area contributed by atoms with E-state index in [4.69, 9.17) is 0 Å². The second-order valence-corrected chi connectivity index (χ2v) is 7.35. The quantitative estimate of drug-likeness (QED) is 0.418. The Hall–Kier alpha value is -0.617. The molecule has 26 heavy (non-hydrogen) atoms. The van der Waals surface area contributed by atoms with E-state index in [1.807, 2.05) is 6.07 Å². The average Bonchev–Trinajstić information content (AvgIpc) is 3.11. The summed E-state index contributed by atoms with van der Waals surface area (Å²) in [4.78, 5) is 0. The molecule has 0 spiro atoms. The minimum atomic E-state index is 0. The van der Waals surface area contributed by atoms with E-state index in [1.165, 1.54) is 33.4 Å². The Bertz CT molecular complexity index is 739. The third-order valence-electron chi connectivity index (χ3n) is 4.53. The van der Waals surface area contributed by atoms with E-state index in [9.17, 15) is 0 Å². The van der Waals surface area contributed by atoms with Gasteiger partial charge in [0.25, 0.3) is 0 Å². The Morgan fingerprint density at radius 3 is 2.15 bits per heavy atom. The van der Waals surface area contributed by atoms with Crippen LogP contribution in [-0.2, 0) is 32.6 Å². The standard InChI is InChI=1S/C13H9.C10H15.2ClH.Zr/c1-3-7-12-10(5-1)9-11-6-2-4-8-13(11)12;1-8-5-6-9(7-8)10(2,3)4;;;/h1-5,7-8H,9H2;7H,6H2,1-4H3;2*1H;/q2*-1;;;+4/p-2. The molecule has 0 N–H and O–H groups in total. The van der Waals surface area contributed by atoms with Crippen LogP contribution in [0.4, 0.5) is 0 Å². The molecular formula is C23H24Cl2Zr. The predicted octanol–water partition coefficient (Wildman–Crippen LogP) is 0.176. The largest absolute Gasteiger partial charge is 4.00 e. The van der Waals surface area contributed by atoms with Crippen molar-refractivity contribution in [3.63, 3.8) is 0 Å². The summed E-state index contributed by atoms with van der Waals surface area (Å²) in [5.41, 5.74) is 8.65. The molecule has 0 heterocycles. The maximum atomic E-state index is 3.30. The number of hydrogen-bond donors (Lipinski definition) is 0. The van der Waals surface area contributed by atoms with Gasteiger partial charge in [0, 0.05) is 0 Å². The van der Waals surface area contributed by atoms with Crippen molar-refractivity contribution in [2.45, 2.75) is 40.5 Å². The summed E-state index contributed by atoms with van der Waals surface area (Å²) in [6.07, 6.45) is 7.64. The molecule has 0 saturated heterocycles. The van der Waals surface area contributed by atoms with Gasteiger partial charge in [-0.3, -0.25) is 6.08 Å². The van der Waals surface area contributed by atoms with Gasteiger partial charge in [0.05, 0.1) is 0 Å². The Morgan fingerprint density at radius 2 is 1.58 bits per heavy atom. The molecule has 0 atom stereocenters. The van der Waals surface area contributed by atoms with Gasteiger partial charge < -0.3 is 24.8 Å². The second kappa shape index (κ2) is 10.6.